The predicted molar refractivity (Wildman–Crippen MR) is 130 cm³/mol. The quantitative estimate of drug-likeness (QED) is 0.281. The molecule has 0 saturated carbocycles. The molecule has 0 bridgehead atoms. The van der Waals surface area contributed by atoms with Gasteiger partial charge in [0.1, 0.15) is 6.61 Å². The second kappa shape index (κ2) is 12.4. The molecule has 0 N–H and O–H groups in total. The van der Waals surface area contributed by atoms with Gasteiger partial charge in [-0.1, -0.05) is 62.4 Å². The van der Waals surface area contributed by atoms with Crippen LogP contribution in [0.5, 0.6) is 0 Å². The fourth-order valence-electron chi connectivity index (χ4n) is 4.49. The molecule has 3 rings (SSSR count). The van der Waals surface area contributed by atoms with Crippen molar-refractivity contribution in [1.29, 1.82) is 0 Å². The van der Waals surface area contributed by atoms with Gasteiger partial charge in [0.25, 0.3) is 0 Å². The zero-order chi connectivity index (χ0) is 22.8. The standard InChI is InChI=1S/C28H37NO3/c1-4-22-12-7-9-15-25(22)27(26-16-10-8-13-23(26)5-2)21-31-19-18-29-17-11-14-24(20-29)28(30)32-6-3/h7-10,12-13,15-16,21,24H,4-6,11,14,17-20H2,1-3H3. The summed E-state index contributed by atoms with van der Waals surface area (Å²) in [5.41, 5.74) is 6.25. The van der Waals surface area contributed by atoms with Gasteiger partial charge < -0.3 is 9.47 Å². The zero-order valence-electron chi connectivity index (χ0n) is 19.8. The summed E-state index contributed by atoms with van der Waals surface area (Å²) in [4.78, 5) is 14.4. The van der Waals surface area contributed by atoms with Crippen molar-refractivity contribution >= 4 is 11.5 Å². The van der Waals surface area contributed by atoms with Crippen molar-refractivity contribution in [1.82, 2.24) is 4.90 Å². The van der Waals surface area contributed by atoms with Crippen LogP contribution in [0, 0.1) is 5.92 Å². The van der Waals surface area contributed by atoms with E-state index in [-0.39, 0.29) is 11.9 Å². The second-order valence-electron chi connectivity index (χ2n) is 8.32. The normalized spacial score (nSPS) is 16.4. The van der Waals surface area contributed by atoms with Gasteiger partial charge in [0.2, 0.25) is 0 Å². The molecule has 0 aliphatic carbocycles. The van der Waals surface area contributed by atoms with Gasteiger partial charge in [-0.3, -0.25) is 9.69 Å². The minimum atomic E-state index is -0.0624. The third kappa shape index (κ3) is 6.23. The molecule has 0 radical (unpaired) electrons. The Morgan fingerprint density at radius 1 is 1.00 bits per heavy atom. The van der Waals surface area contributed by atoms with E-state index < -0.39 is 0 Å². The lowest BCUT2D eigenvalue weighted by Gasteiger charge is -2.31. The summed E-state index contributed by atoms with van der Waals surface area (Å²) in [5.74, 6) is -0.0738. The Labute approximate surface area is 193 Å². The fourth-order valence-corrected chi connectivity index (χ4v) is 4.49. The molecule has 2 aromatic carbocycles. The summed E-state index contributed by atoms with van der Waals surface area (Å²) in [6, 6.07) is 17.2. The van der Waals surface area contributed by atoms with Crippen molar-refractivity contribution in [3.63, 3.8) is 0 Å². The number of hydrogen-bond donors (Lipinski definition) is 0. The first kappa shape index (κ1) is 24.1. The number of ether oxygens (including phenoxy) is 2. The fraction of sp³-hybridized carbons (Fsp3) is 0.464. The van der Waals surface area contributed by atoms with Crippen LogP contribution >= 0.6 is 0 Å². The van der Waals surface area contributed by atoms with Crippen LogP contribution in [0.4, 0.5) is 0 Å². The minimum Gasteiger partial charge on any atom is -0.499 e. The minimum absolute atomic E-state index is 0.0114. The Morgan fingerprint density at radius 2 is 1.62 bits per heavy atom. The van der Waals surface area contributed by atoms with Crippen molar-refractivity contribution in [2.45, 2.75) is 46.5 Å². The molecule has 1 saturated heterocycles. The van der Waals surface area contributed by atoms with Crippen LogP contribution in [0.3, 0.4) is 0 Å². The van der Waals surface area contributed by atoms with E-state index in [1.165, 1.54) is 22.3 Å². The molecule has 1 aliphatic rings. The van der Waals surface area contributed by atoms with E-state index in [9.17, 15) is 4.79 Å². The van der Waals surface area contributed by atoms with Crippen LogP contribution in [0.1, 0.15) is 55.9 Å². The maximum Gasteiger partial charge on any atom is 0.310 e. The number of carbonyl (C=O) groups excluding carboxylic acids is 1. The second-order valence-corrected chi connectivity index (χ2v) is 8.32. The smallest absolute Gasteiger partial charge is 0.310 e. The first-order valence-electron chi connectivity index (χ1n) is 12.0. The van der Waals surface area contributed by atoms with Crippen molar-refractivity contribution < 1.29 is 14.3 Å². The number of carbonyl (C=O) groups is 1. The highest BCUT2D eigenvalue weighted by molar-refractivity contribution is 5.82. The van der Waals surface area contributed by atoms with Crippen molar-refractivity contribution in [2.75, 3.05) is 32.8 Å². The van der Waals surface area contributed by atoms with E-state index in [1.54, 1.807) is 0 Å². The summed E-state index contributed by atoms with van der Waals surface area (Å²) < 4.78 is 11.4. The van der Waals surface area contributed by atoms with Gasteiger partial charge in [-0.25, -0.2) is 0 Å². The number of aryl methyl sites for hydroxylation is 2. The summed E-state index contributed by atoms with van der Waals surface area (Å²) in [7, 11) is 0. The van der Waals surface area contributed by atoms with Gasteiger partial charge in [-0.2, -0.15) is 0 Å². The molecule has 0 spiro atoms. The number of hydrogen-bond acceptors (Lipinski definition) is 4. The summed E-state index contributed by atoms with van der Waals surface area (Å²) in [6.07, 6.45) is 5.84. The largest absolute Gasteiger partial charge is 0.499 e. The molecular formula is C28H37NO3. The molecule has 4 heteroatoms. The van der Waals surface area contributed by atoms with Gasteiger partial charge in [0.05, 0.1) is 18.8 Å². The van der Waals surface area contributed by atoms with Crippen LogP contribution in [0.15, 0.2) is 54.8 Å². The monoisotopic (exact) mass is 435 g/mol. The molecule has 32 heavy (non-hydrogen) atoms. The van der Waals surface area contributed by atoms with Crippen molar-refractivity contribution in [3.05, 3.63) is 77.0 Å². The maximum atomic E-state index is 12.1. The van der Waals surface area contributed by atoms with E-state index in [4.69, 9.17) is 9.47 Å². The first-order chi connectivity index (χ1) is 15.7. The predicted octanol–water partition coefficient (Wildman–Crippen LogP) is 5.49. The van der Waals surface area contributed by atoms with Crippen LogP contribution in [-0.2, 0) is 27.1 Å². The first-order valence-corrected chi connectivity index (χ1v) is 12.0. The summed E-state index contributed by atoms with van der Waals surface area (Å²) >= 11 is 0. The molecular weight excluding hydrogens is 398 g/mol. The van der Waals surface area contributed by atoms with Crippen molar-refractivity contribution in [2.24, 2.45) is 5.92 Å². The highest BCUT2D eigenvalue weighted by Gasteiger charge is 2.26. The Balaban J connectivity index is 1.72. The molecule has 0 amide bonds. The number of likely N-dealkylation sites (tertiary alicyclic amines) is 1. The summed E-state index contributed by atoms with van der Waals surface area (Å²) in [5, 5.41) is 0. The topological polar surface area (TPSA) is 38.8 Å². The number of benzene rings is 2. The van der Waals surface area contributed by atoms with Gasteiger partial charge in [0, 0.05) is 18.7 Å². The maximum absolute atomic E-state index is 12.1. The number of nitrogens with zero attached hydrogens (tertiary/aromatic N) is 1. The van der Waals surface area contributed by atoms with E-state index >= 15 is 0 Å². The van der Waals surface area contributed by atoms with Crippen molar-refractivity contribution in [3.8, 4) is 0 Å². The van der Waals surface area contributed by atoms with Gasteiger partial charge in [-0.05, 0) is 61.4 Å². The summed E-state index contributed by atoms with van der Waals surface area (Å²) in [6.45, 7) is 9.88. The van der Waals surface area contributed by atoms with Gasteiger partial charge in [0.15, 0.2) is 0 Å². The van der Waals surface area contributed by atoms with E-state index in [2.05, 4.69) is 67.3 Å². The molecule has 2 aromatic rings. The number of piperidine rings is 1. The number of esters is 1. The number of rotatable bonds is 10. The van der Waals surface area contributed by atoms with Crippen LogP contribution in [-0.4, -0.2) is 43.7 Å². The molecule has 0 aromatic heterocycles. The average molecular weight is 436 g/mol. The highest BCUT2D eigenvalue weighted by atomic mass is 16.5. The molecule has 1 atom stereocenters. The molecule has 4 nitrogen and oxygen atoms in total. The van der Waals surface area contributed by atoms with E-state index in [0.717, 1.165) is 50.9 Å². The van der Waals surface area contributed by atoms with E-state index in [1.807, 2.05) is 13.2 Å². The Kier molecular flexibility index (Phi) is 9.36. The molecule has 172 valence electrons. The van der Waals surface area contributed by atoms with Gasteiger partial charge in [-0.15, -0.1) is 0 Å². The van der Waals surface area contributed by atoms with Crippen LogP contribution < -0.4 is 0 Å². The third-order valence-electron chi connectivity index (χ3n) is 6.23. The highest BCUT2D eigenvalue weighted by Crippen LogP contribution is 2.29. The van der Waals surface area contributed by atoms with Gasteiger partial charge >= 0.3 is 5.97 Å². The molecule has 1 unspecified atom stereocenters. The molecule has 1 fully saturated rings. The molecule has 1 heterocycles. The SMILES string of the molecule is CCOC(=O)C1CCCN(CCOC=C(c2ccccc2CC)c2ccccc2CC)C1. The zero-order valence-corrected chi connectivity index (χ0v) is 19.8. The lowest BCUT2D eigenvalue weighted by molar-refractivity contribution is -0.150. The lowest BCUT2D eigenvalue weighted by Crippen LogP contribution is -2.40. The third-order valence-corrected chi connectivity index (χ3v) is 6.23. The van der Waals surface area contributed by atoms with Crippen LogP contribution in [0.25, 0.3) is 5.57 Å². The average Bonchev–Trinajstić information content (AvgIpc) is 2.84. The Bertz CT molecular complexity index is 856. The van der Waals surface area contributed by atoms with Crippen LogP contribution in [0.2, 0.25) is 0 Å². The Morgan fingerprint density at radius 3 is 2.22 bits per heavy atom. The lowest BCUT2D eigenvalue weighted by atomic mass is 9.90. The Hall–Kier alpha value is -2.59. The van der Waals surface area contributed by atoms with E-state index in [0.29, 0.717) is 13.2 Å². The molecule has 1 aliphatic heterocycles.